The molecule has 0 atom stereocenters. The molecular weight excluding hydrogens is 316 g/mol. The van der Waals surface area contributed by atoms with Crippen LogP contribution in [-0.4, -0.2) is 29.6 Å². The maximum atomic E-state index is 12.1. The molecule has 0 fully saturated rings. The summed E-state index contributed by atoms with van der Waals surface area (Å²) in [5.74, 6) is 0.873. The normalized spacial score (nSPS) is 10.7. The summed E-state index contributed by atoms with van der Waals surface area (Å²) < 4.78 is 4.92. The highest BCUT2D eigenvalue weighted by atomic mass is 35.5. The number of hydrogen-bond donors (Lipinski definition) is 1. The number of nitrogens with zero attached hydrogens (tertiary/aromatic N) is 3. The zero-order valence-electron chi connectivity index (χ0n) is 12.7. The SMILES string of the molecule is Cc1cc(NC(=O)CN(C)c2ccnc3cc(Cl)ccc23)no1. The number of hydrogen-bond acceptors (Lipinski definition) is 5. The molecule has 3 rings (SSSR count). The largest absolute Gasteiger partial charge is 0.365 e. The van der Waals surface area contributed by atoms with Gasteiger partial charge >= 0.3 is 0 Å². The van der Waals surface area contributed by atoms with E-state index in [0.29, 0.717) is 16.6 Å². The maximum Gasteiger partial charge on any atom is 0.245 e. The second kappa shape index (κ2) is 6.26. The fraction of sp³-hybridized carbons (Fsp3) is 0.188. The van der Waals surface area contributed by atoms with Crippen LogP contribution in [0.1, 0.15) is 5.76 Å². The van der Waals surface area contributed by atoms with Crippen molar-refractivity contribution >= 4 is 39.9 Å². The van der Waals surface area contributed by atoms with Crippen molar-refractivity contribution in [3.63, 3.8) is 0 Å². The molecule has 23 heavy (non-hydrogen) atoms. The zero-order valence-corrected chi connectivity index (χ0v) is 13.5. The maximum absolute atomic E-state index is 12.1. The Morgan fingerprint density at radius 2 is 2.17 bits per heavy atom. The molecule has 2 aromatic heterocycles. The summed E-state index contributed by atoms with van der Waals surface area (Å²) >= 11 is 5.99. The van der Waals surface area contributed by atoms with Gasteiger partial charge in [-0.05, 0) is 31.2 Å². The van der Waals surface area contributed by atoms with Crippen LogP contribution in [-0.2, 0) is 4.79 Å². The van der Waals surface area contributed by atoms with Gasteiger partial charge in [0, 0.05) is 35.4 Å². The van der Waals surface area contributed by atoms with E-state index in [1.807, 2.05) is 24.1 Å². The van der Waals surface area contributed by atoms with E-state index in [9.17, 15) is 4.79 Å². The molecule has 0 radical (unpaired) electrons. The predicted molar refractivity (Wildman–Crippen MR) is 89.9 cm³/mol. The Balaban J connectivity index is 1.77. The van der Waals surface area contributed by atoms with E-state index < -0.39 is 0 Å². The van der Waals surface area contributed by atoms with Crippen molar-refractivity contribution in [3.8, 4) is 0 Å². The first kappa shape index (κ1) is 15.3. The number of aryl methyl sites for hydroxylation is 1. The lowest BCUT2D eigenvalue weighted by Crippen LogP contribution is -2.30. The third kappa shape index (κ3) is 3.43. The van der Waals surface area contributed by atoms with Crippen molar-refractivity contribution in [1.29, 1.82) is 0 Å². The molecule has 0 unspecified atom stereocenters. The monoisotopic (exact) mass is 330 g/mol. The van der Waals surface area contributed by atoms with E-state index in [4.69, 9.17) is 16.1 Å². The Bertz CT molecular complexity index is 862. The minimum Gasteiger partial charge on any atom is -0.365 e. The molecule has 2 heterocycles. The summed E-state index contributed by atoms with van der Waals surface area (Å²) in [4.78, 5) is 18.3. The predicted octanol–water partition coefficient (Wildman–Crippen LogP) is 3.26. The fourth-order valence-electron chi connectivity index (χ4n) is 2.35. The van der Waals surface area contributed by atoms with E-state index >= 15 is 0 Å². The summed E-state index contributed by atoms with van der Waals surface area (Å²) in [6, 6.07) is 9.04. The van der Waals surface area contributed by atoms with Gasteiger partial charge in [0.2, 0.25) is 5.91 Å². The van der Waals surface area contributed by atoms with Gasteiger partial charge in [0.1, 0.15) is 5.76 Å². The number of aromatic nitrogens is 2. The molecule has 7 heteroatoms. The van der Waals surface area contributed by atoms with Gasteiger partial charge in [-0.2, -0.15) is 0 Å². The van der Waals surface area contributed by atoms with Gasteiger partial charge in [0.25, 0.3) is 0 Å². The van der Waals surface area contributed by atoms with Crippen LogP contribution >= 0.6 is 11.6 Å². The Kier molecular flexibility index (Phi) is 4.16. The smallest absolute Gasteiger partial charge is 0.245 e. The molecule has 0 aliphatic rings. The van der Waals surface area contributed by atoms with Crippen LogP contribution < -0.4 is 10.2 Å². The molecule has 0 bridgehead atoms. The lowest BCUT2D eigenvalue weighted by atomic mass is 10.1. The summed E-state index contributed by atoms with van der Waals surface area (Å²) in [6.45, 7) is 1.94. The topological polar surface area (TPSA) is 71.3 Å². The number of anilines is 2. The number of rotatable bonds is 4. The minimum atomic E-state index is -0.181. The van der Waals surface area contributed by atoms with Gasteiger partial charge in [-0.3, -0.25) is 9.78 Å². The highest BCUT2D eigenvalue weighted by Gasteiger charge is 2.12. The van der Waals surface area contributed by atoms with Gasteiger partial charge in [0.15, 0.2) is 5.82 Å². The van der Waals surface area contributed by atoms with Crippen LogP contribution in [0.25, 0.3) is 10.9 Å². The first-order valence-corrected chi connectivity index (χ1v) is 7.39. The Morgan fingerprint density at radius 1 is 1.35 bits per heavy atom. The number of nitrogens with one attached hydrogen (secondary N) is 1. The second-order valence-electron chi connectivity index (χ2n) is 5.22. The quantitative estimate of drug-likeness (QED) is 0.795. The van der Waals surface area contributed by atoms with Crippen molar-refractivity contribution in [2.45, 2.75) is 6.92 Å². The number of pyridine rings is 1. The number of carbonyl (C=O) groups excluding carboxylic acids is 1. The van der Waals surface area contributed by atoms with Gasteiger partial charge < -0.3 is 14.7 Å². The molecule has 1 aromatic carbocycles. The first-order chi connectivity index (χ1) is 11.0. The number of amides is 1. The number of likely N-dealkylation sites (N-methyl/N-ethyl adjacent to an activating group) is 1. The van der Waals surface area contributed by atoms with Crippen LogP contribution in [0.3, 0.4) is 0 Å². The lowest BCUT2D eigenvalue weighted by molar-refractivity contribution is -0.115. The molecule has 0 spiro atoms. The molecular formula is C16H15ClN4O2. The third-order valence-electron chi connectivity index (χ3n) is 3.37. The summed E-state index contributed by atoms with van der Waals surface area (Å²) in [5.41, 5.74) is 1.69. The standard InChI is InChI=1S/C16H15ClN4O2/c1-10-7-15(20-23-10)19-16(22)9-21(2)14-5-6-18-13-8-11(17)3-4-12(13)14/h3-8H,9H2,1-2H3,(H,19,20,22). The fourth-order valence-corrected chi connectivity index (χ4v) is 2.51. The lowest BCUT2D eigenvalue weighted by Gasteiger charge is -2.20. The molecule has 0 aliphatic carbocycles. The zero-order chi connectivity index (χ0) is 16.4. The summed E-state index contributed by atoms with van der Waals surface area (Å²) in [7, 11) is 1.84. The average Bonchev–Trinajstić information content (AvgIpc) is 2.91. The molecule has 0 aliphatic heterocycles. The molecule has 3 aromatic rings. The first-order valence-electron chi connectivity index (χ1n) is 7.01. The van der Waals surface area contributed by atoms with E-state index in [0.717, 1.165) is 16.6 Å². The average molecular weight is 331 g/mol. The van der Waals surface area contributed by atoms with Crippen molar-refractivity contribution in [2.24, 2.45) is 0 Å². The van der Waals surface area contributed by atoms with Crippen LogP contribution in [0.5, 0.6) is 0 Å². The van der Waals surface area contributed by atoms with E-state index in [1.54, 1.807) is 31.3 Å². The van der Waals surface area contributed by atoms with Gasteiger partial charge in [-0.25, -0.2) is 0 Å². The Hall–Kier alpha value is -2.60. The molecule has 6 nitrogen and oxygen atoms in total. The van der Waals surface area contributed by atoms with E-state index in [2.05, 4.69) is 15.5 Å². The van der Waals surface area contributed by atoms with Gasteiger partial charge in [0.05, 0.1) is 12.1 Å². The second-order valence-corrected chi connectivity index (χ2v) is 5.66. The minimum absolute atomic E-state index is 0.174. The van der Waals surface area contributed by atoms with E-state index in [-0.39, 0.29) is 12.5 Å². The molecule has 1 N–H and O–H groups in total. The van der Waals surface area contributed by atoms with Crippen LogP contribution in [0, 0.1) is 6.92 Å². The molecule has 118 valence electrons. The van der Waals surface area contributed by atoms with Crippen LogP contribution in [0.15, 0.2) is 41.1 Å². The summed E-state index contributed by atoms with van der Waals surface area (Å²) in [6.07, 6.45) is 1.70. The molecule has 0 saturated heterocycles. The van der Waals surface area contributed by atoms with Gasteiger partial charge in [-0.15, -0.1) is 0 Å². The Morgan fingerprint density at radius 3 is 2.91 bits per heavy atom. The van der Waals surface area contributed by atoms with Crippen molar-refractivity contribution < 1.29 is 9.32 Å². The summed E-state index contributed by atoms with van der Waals surface area (Å²) in [5, 5.41) is 8.01. The third-order valence-corrected chi connectivity index (χ3v) is 3.60. The van der Waals surface area contributed by atoms with Crippen molar-refractivity contribution in [2.75, 3.05) is 23.8 Å². The highest BCUT2D eigenvalue weighted by molar-refractivity contribution is 6.31. The van der Waals surface area contributed by atoms with Gasteiger partial charge in [-0.1, -0.05) is 16.8 Å². The number of benzene rings is 1. The highest BCUT2D eigenvalue weighted by Crippen LogP contribution is 2.26. The number of halogens is 1. The van der Waals surface area contributed by atoms with Crippen LogP contribution in [0.2, 0.25) is 5.02 Å². The van der Waals surface area contributed by atoms with Crippen molar-refractivity contribution in [1.82, 2.24) is 10.1 Å². The molecule has 1 amide bonds. The molecule has 0 saturated carbocycles. The number of fused-ring (bicyclic) bond motifs is 1. The van der Waals surface area contributed by atoms with Crippen LogP contribution in [0.4, 0.5) is 11.5 Å². The van der Waals surface area contributed by atoms with Crippen molar-refractivity contribution in [3.05, 3.63) is 47.3 Å². The Labute approximate surface area is 138 Å². The number of carbonyl (C=O) groups is 1. The van der Waals surface area contributed by atoms with E-state index in [1.165, 1.54) is 0 Å².